The zero-order valence-corrected chi connectivity index (χ0v) is 12.4. The Bertz CT molecular complexity index is 458. The van der Waals surface area contributed by atoms with Crippen LogP contribution in [0.5, 0.6) is 11.5 Å². The third kappa shape index (κ3) is 4.60. The minimum atomic E-state index is -0.149. The van der Waals surface area contributed by atoms with Gasteiger partial charge in [-0.3, -0.25) is 4.79 Å². The number of hydrogen-bond acceptors (Lipinski definition) is 4. The summed E-state index contributed by atoms with van der Waals surface area (Å²) in [6.07, 6.45) is 5.48. The Kier molecular flexibility index (Phi) is 5.81. The Labute approximate surface area is 125 Å². The number of methoxy groups -OCH3 is 1. The molecule has 21 heavy (non-hydrogen) atoms. The van der Waals surface area contributed by atoms with Crippen molar-refractivity contribution >= 4 is 5.97 Å². The molecule has 0 atom stereocenters. The van der Waals surface area contributed by atoms with Gasteiger partial charge in [0.25, 0.3) is 0 Å². The molecule has 1 aromatic rings. The molecule has 0 bridgehead atoms. The summed E-state index contributed by atoms with van der Waals surface area (Å²) < 4.78 is 16.1. The van der Waals surface area contributed by atoms with Crippen molar-refractivity contribution in [2.45, 2.75) is 31.8 Å². The molecule has 0 heterocycles. The van der Waals surface area contributed by atoms with Gasteiger partial charge < -0.3 is 14.2 Å². The van der Waals surface area contributed by atoms with Crippen LogP contribution >= 0.6 is 0 Å². The zero-order valence-electron chi connectivity index (χ0n) is 12.4. The maximum Gasteiger partial charge on any atom is 0.314 e. The first kappa shape index (κ1) is 15.6. The molecule has 0 spiro atoms. The van der Waals surface area contributed by atoms with Crippen molar-refractivity contribution in [1.29, 1.82) is 0 Å². The number of carbonyl (C=O) groups is 1. The normalized spacial score (nSPS) is 21.6. The Balaban J connectivity index is 1.83. The molecular weight excluding hydrogens is 268 g/mol. The maximum absolute atomic E-state index is 12.1. The van der Waals surface area contributed by atoms with Gasteiger partial charge in [-0.15, -0.1) is 0 Å². The topological polar surface area (TPSA) is 44.8 Å². The second-order valence-corrected chi connectivity index (χ2v) is 5.20. The largest absolute Gasteiger partial charge is 0.490 e. The van der Waals surface area contributed by atoms with Gasteiger partial charge in [0, 0.05) is 7.11 Å². The SMILES string of the molecule is C=CCOc1ccc(OC(=O)C2CCC(OC)CC2)cc1. The van der Waals surface area contributed by atoms with E-state index in [1.165, 1.54) is 0 Å². The number of benzene rings is 1. The van der Waals surface area contributed by atoms with Crippen molar-refractivity contribution in [2.75, 3.05) is 13.7 Å². The van der Waals surface area contributed by atoms with Crippen LogP contribution in [0.25, 0.3) is 0 Å². The predicted molar refractivity (Wildman–Crippen MR) is 80.5 cm³/mol. The summed E-state index contributed by atoms with van der Waals surface area (Å²) in [5, 5.41) is 0. The van der Waals surface area contributed by atoms with Gasteiger partial charge in [-0.2, -0.15) is 0 Å². The Morgan fingerprint density at radius 2 is 1.81 bits per heavy atom. The van der Waals surface area contributed by atoms with E-state index in [9.17, 15) is 4.79 Å². The highest BCUT2D eigenvalue weighted by molar-refractivity contribution is 5.75. The molecule has 1 aliphatic rings. The van der Waals surface area contributed by atoms with Gasteiger partial charge in [0.15, 0.2) is 0 Å². The highest BCUT2D eigenvalue weighted by Crippen LogP contribution is 2.28. The molecule has 1 fully saturated rings. The van der Waals surface area contributed by atoms with Crippen LogP contribution in [-0.4, -0.2) is 25.8 Å². The molecule has 0 unspecified atom stereocenters. The van der Waals surface area contributed by atoms with Gasteiger partial charge in [-0.25, -0.2) is 0 Å². The van der Waals surface area contributed by atoms with E-state index in [0.717, 1.165) is 31.4 Å². The summed E-state index contributed by atoms with van der Waals surface area (Å²) in [4.78, 5) is 12.1. The summed E-state index contributed by atoms with van der Waals surface area (Å²) in [5.74, 6) is 1.12. The van der Waals surface area contributed by atoms with Crippen LogP contribution in [0.4, 0.5) is 0 Å². The number of ether oxygens (including phenoxy) is 3. The number of esters is 1. The van der Waals surface area contributed by atoms with E-state index in [2.05, 4.69) is 6.58 Å². The van der Waals surface area contributed by atoms with Crippen LogP contribution in [-0.2, 0) is 9.53 Å². The van der Waals surface area contributed by atoms with Crippen LogP contribution in [0.2, 0.25) is 0 Å². The summed E-state index contributed by atoms with van der Waals surface area (Å²) in [7, 11) is 1.72. The van der Waals surface area contributed by atoms with Gasteiger partial charge in [-0.1, -0.05) is 12.7 Å². The van der Waals surface area contributed by atoms with Crippen LogP contribution < -0.4 is 9.47 Å². The molecule has 1 saturated carbocycles. The van der Waals surface area contributed by atoms with Crippen LogP contribution in [0.3, 0.4) is 0 Å². The van der Waals surface area contributed by atoms with Crippen molar-refractivity contribution in [2.24, 2.45) is 5.92 Å². The molecule has 114 valence electrons. The Morgan fingerprint density at radius 3 is 2.38 bits per heavy atom. The van der Waals surface area contributed by atoms with Crippen molar-refractivity contribution in [3.8, 4) is 11.5 Å². The average Bonchev–Trinajstić information content (AvgIpc) is 2.54. The second kappa shape index (κ2) is 7.84. The summed E-state index contributed by atoms with van der Waals surface area (Å²) in [6.45, 7) is 4.05. The monoisotopic (exact) mass is 290 g/mol. The standard InChI is InChI=1S/C17H22O4/c1-3-12-20-15-8-10-16(11-9-15)21-17(18)13-4-6-14(19-2)7-5-13/h3,8-11,13-14H,1,4-7,12H2,2H3. The van der Waals surface area contributed by atoms with Crippen LogP contribution in [0.1, 0.15) is 25.7 Å². The number of carbonyl (C=O) groups excluding carboxylic acids is 1. The lowest BCUT2D eigenvalue weighted by Crippen LogP contribution is -2.28. The lowest BCUT2D eigenvalue weighted by molar-refractivity contribution is -0.140. The van der Waals surface area contributed by atoms with E-state index in [1.54, 1.807) is 37.5 Å². The lowest BCUT2D eigenvalue weighted by Gasteiger charge is -2.26. The van der Waals surface area contributed by atoms with Crippen molar-refractivity contribution in [1.82, 2.24) is 0 Å². The molecule has 0 aromatic heterocycles. The van der Waals surface area contributed by atoms with E-state index < -0.39 is 0 Å². The fraction of sp³-hybridized carbons (Fsp3) is 0.471. The maximum atomic E-state index is 12.1. The van der Waals surface area contributed by atoms with Crippen LogP contribution in [0.15, 0.2) is 36.9 Å². The molecule has 0 aliphatic heterocycles. The Hall–Kier alpha value is -1.81. The number of hydrogen-bond donors (Lipinski definition) is 0. The van der Waals surface area contributed by atoms with Crippen molar-refractivity contribution in [3.05, 3.63) is 36.9 Å². The first-order valence-electron chi connectivity index (χ1n) is 7.31. The quantitative estimate of drug-likeness (QED) is 0.458. The van der Waals surface area contributed by atoms with Gasteiger partial charge in [0.1, 0.15) is 18.1 Å². The predicted octanol–water partition coefficient (Wildman–Crippen LogP) is 3.36. The third-order valence-corrected chi connectivity index (χ3v) is 3.75. The molecule has 0 radical (unpaired) electrons. The Morgan fingerprint density at radius 1 is 1.19 bits per heavy atom. The zero-order chi connectivity index (χ0) is 15.1. The molecule has 4 heteroatoms. The van der Waals surface area contributed by atoms with E-state index in [4.69, 9.17) is 14.2 Å². The van der Waals surface area contributed by atoms with Gasteiger partial charge in [-0.05, 0) is 49.9 Å². The molecule has 1 aromatic carbocycles. The van der Waals surface area contributed by atoms with E-state index in [1.807, 2.05) is 0 Å². The minimum absolute atomic E-state index is 0.0203. The summed E-state index contributed by atoms with van der Waals surface area (Å²) >= 11 is 0. The molecule has 4 nitrogen and oxygen atoms in total. The fourth-order valence-corrected chi connectivity index (χ4v) is 2.49. The fourth-order valence-electron chi connectivity index (χ4n) is 2.49. The van der Waals surface area contributed by atoms with Gasteiger partial charge in [0.2, 0.25) is 0 Å². The molecule has 2 rings (SSSR count). The first-order valence-corrected chi connectivity index (χ1v) is 7.31. The summed E-state index contributed by atoms with van der Waals surface area (Å²) in [6, 6.07) is 7.07. The van der Waals surface area contributed by atoms with Gasteiger partial charge >= 0.3 is 5.97 Å². The summed E-state index contributed by atoms with van der Waals surface area (Å²) in [5.41, 5.74) is 0. The molecular formula is C17H22O4. The molecule has 0 N–H and O–H groups in total. The second-order valence-electron chi connectivity index (χ2n) is 5.20. The highest BCUT2D eigenvalue weighted by Gasteiger charge is 2.27. The molecule has 0 amide bonds. The lowest BCUT2D eigenvalue weighted by atomic mass is 9.87. The number of rotatable bonds is 6. The average molecular weight is 290 g/mol. The minimum Gasteiger partial charge on any atom is -0.490 e. The van der Waals surface area contributed by atoms with Crippen LogP contribution in [0, 0.1) is 5.92 Å². The van der Waals surface area contributed by atoms with Crippen molar-refractivity contribution in [3.63, 3.8) is 0 Å². The van der Waals surface area contributed by atoms with E-state index >= 15 is 0 Å². The third-order valence-electron chi connectivity index (χ3n) is 3.75. The molecule has 1 aliphatic carbocycles. The molecule has 0 saturated heterocycles. The van der Waals surface area contributed by atoms with Gasteiger partial charge in [0.05, 0.1) is 12.0 Å². The van der Waals surface area contributed by atoms with Crippen molar-refractivity contribution < 1.29 is 19.0 Å². The van der Waals surface area contributed by atoms with E-state index in [0.29, 0.717) is 12.4 Å². The highest BCUT2D eigenvalue weighted by atomic mass is 16.5. The van der Waals surface area contributed by atoms with E-state index in [-0.39, 0.29) is 18.0 Å². The first-order chi connectivity index (χ1) is 10.2. The smallest absolute Gasteiger partial charge is 0.314 e.